The lowest BCUT2D eigenvalue weighted by Crippen LogP contribution is -2.19. The van der Waals surface area contributed by atoms with E-state index in [9.17, 15) is 18.4 Å². The number of primary amides is 1. The fraction of sp³-hybridized carbons (Fsp3) is 0.294. The monoisotopic (exact) mass is 384 g/mol. The molecule has 3 rings (SSSR count). The lowest BCUT2D eigenvalue weighted by molar-refractivity contribution is 0.1000. The number of nitrogens with one attached hydrogen (secondary N) is 1. The van der Waals surface area contributed by atoms with Gasteiger partial charge in [0.15, 0.2) is 11.6 Å². The molecule has 3 N–H and O–H groups in total. The number of rotatable bonds is 3. The first-order valence-corrected chi connectivity index (χ1v) is 8.87. The van der Waals surface area contributed by atoms with Crippen LogP contribution in [0.1, 0.15) is 44.5 Å². The summed E-state index contributed by atoms with van der Waals surface area (Å²) < 4.78 is 26.6. The molecule has 8 heteroatoms. The molecule has 4 nitrogen and oxygen atoms in total. The number of fused-ring (bicyclic) bond motifs is 1. The van der Waals surface area contributed by atoms with Crippen molar-refractivity contribution in [2.75, 3.05) is 5.32 Å². The quantitative estimate of drug-likeness (QED) is 0.780. The van der Waals surface area contributed by atoms with Gasteiger partial charge in [-0.2, -0.15) is 0 Å². The van der Waals surface area contributed by atoms with Crippen LogP contribution in [0.25, 0.3) is 0 Å². The Morgan fingerprint density at radius 1 is 1.32 bits per heavy atom. The average molecular weight is 385 g/mol. The largest absolute Gasteiger partial charge is 0.365 e. The van der Waals surface area contributed by atoms with Gasteiger partial charge in [0.2, 0.25) is 0 Å². The molecule has 0 saturated heterocycles. The standard InChI is InChI=1S/C17H15ClF2N2O2S/c1-7-2-3-8-13(4-7)25-17(14(8)15(21)23)22-16(24)9-5-11(19)12(20)6-10(9)18/h5-7H,2-4H2,1H3,(H2,21,23)(H,22,24). The molecule has 0 spiro atoms. The fourth-order valence-electron chi connectivity index (χ4n) is 2.97. The molecule has 1 atom stereocenters. The number of benzene rings is 1. The molecule has 1 aromatic heterocycles. The SMILES string of the molecule is CC1CCc2c(sc(NC(=O)c3cc(F)c(F)cc3Cl)c2C(N)=O)C1. The fourth-order valence-corrected chi connectivity index (χ4v) is 4.61. The van der Waals surface area contributed by atoms with E-state index < -0.39 is 23.4 Å². The Morgan fingerprint density at radius 2 is 2.00 bits per heavy atom. The maximum atomic E-state index is 13.4. The molecule has 1 unspecified atom stereocenters. The number of anilines is 1. The van der Waals surface area contributed by atoms with Crippen molar-refractivity contribution in [2.45, 2.75) is 26.2 Å². The molecule has 132 valence electrons. The topological polar surface area (TPSA) is 72.2 Å². The van der Waals surface area contributed by atoms with Gasteiger partial charge in [0.1, 0.15) is 5.00 Å². The zero-order valence-corrected chi connectivity index (χ0v) is 14.9. The number of amides is 2. The second-order valence-corrected chi connectivity index (χ2v) is 7.63. The highest BCUT2D eigenvalue weighted by Crippen LogP contribution is 2.39. The van der Waals surface area contributed by atoms with Crippen LogP contribution in [0.2, 0.25) is 5.02 Å². The van der Waals surface area contributed by atoms with Gasteiger partial charge in [-0.1, -0.05) is 18.5 Å². The average Bonchev–Trinajstić information content (AvgIpc) is 2.87. The van der Waals surface area contributed by atoms with Gasteiger partial charge in [-0.05, 0) is 42.9 Å². The molecule has 1 aromatic carbocycles. The predicted molar refractivity (Wildman–Crippen MR) is 93.3 cm³/mol. The van der Waals surface area contributed by atoms with E-state index in [2.05, 4.69) is 12.2 Å². The number of carbonyl (C=O) groups is 2. The van der Waals surface area contributed by atoms with Crippen molar-refractivity contribution in [2.24, 2.45) is 11.7 Å². The Balaban J connectivity index is 1.97. The summed E-state index contributed by atoms with van der Waals surface area (Å²) in [4.78, 5) is 25.3. The van der Waals surface area contributed by atoms with Gasteiger partial charge < -0.3 is 11.1 Å². The first-order valence-electron chi connectivity index (χ1n) is 7.68. The van der Waals surface area contributed by atoms with Crippen LogP contribution in [0.15, 0.2) is 12.1 Å². The van der Waals surface area contributed by atoms with Gasteiger partial charge in [-0.15, -0.1) is 11.3 Å². The molecular weight excluding hydrogens is 370 g/mol. The third-order valence-corrected chi connectivity index (χ3v) is 5.72. The van der Waals surface area contributed by atoms with Gasteiger partial charge in [0.25, 0.3) is 11.8 Å². The number of thiophene rings is 1. The van der Waals surface area contributed by atoms with Crippen molar-refractivity contribution in [3.8, 4) is 0 Å². The number of halogens is 3. The van der Waals surface area contributed by atoms with Gasteiger partial charge in [-0.25, -0.2) is 8.78 Å². The summed E-state index contributed by atoms with van der Waals surface area (Å²) in [5.74, 6) is -3.18. The summed E-state index contributed by atoms with van der Waals surface area (Å²) in [5, 5.41) is 2.67. The van der Waals surface area contributed by atoms with Crippen molar-refractivity contribution < 1.29 is 18.4 Å². The zero-order chi connectivity index (χ0) is 18.3. The Hall–Kier alpha value is -1.99. The highest BCUT2D eigenvalue weighted by atomic mass is 35.5. The summed E-state index contributed by atoms with van der Waals surface area (Å²) in [6, 6.07) is 1.47. The highest BCUT2D eigenvalue weighted by Gasteiger charge is 2.28. The maximum absolute atomic E-state index is 13.4. The van der Waals surface area contributed by atoms with Crippen molar-refractivity contribution in [3.63, 3.8) is 0 Å². The van der Waals surface area contributed by atoms with E-state index in [-0.39, 0.29) is 10.6 Å². The Labute approximate surface area is 152 Å². The van der Waals surface area contributed by atoms with E-state index in [1.807, 2.05) is 0 Å². The smallest absolute Gasteiger partial charge is 0.257 e. The zero-order valence-electron chi connectivity index (χ0n) is 13.3. The minimum absolute atomic E-state index is 0.212. The summed E-state index contributed by atoms with van der Waals surface area (Å²) in [6.45, 7) is 2.12. The number of hydrogen-bond acceptors (Lipinski definition) is 3. The van der Waals surface area contributed by atoms with E-state index in [0.717, 1.165) is 35.4 Å². The molecule has 1 aliphatic carbocycles. The van der Waals surface area contributed by atoms with E-state index in [4.69, 9.17) is 17.3 Å². The minimum Gasteiger partial charge on any atom is -0.365 e. The van der Waals surface area contributed by atoms with Crippen molar-refractivity contribution in [1.29, 1.82) is 0 Å². The molecule has 25 heavy (non-hydrogen) atoms. The Bertz CT molecular complexity index is 882. The van der Waals surface area contributed by atoms with Gasteiger partial charge in [0.05, 0.1) is 16.1 Å². The number of nitrogens with two attached hydrogens (primary N) is 1. The molecule has 0 aliphatic heterocycles. The first-order chi connectivity index (χ1) is 11.8. The molecule has 0 radical (unpaired) electrons. The normalized spacial score (nSPS) is 16.4. The summed E-state index contributed by atoms with van der Waals surface area (Å²) in [5.41, 5.74) is 6.43. The van der Waals surface area contributed by atoms with Crippen molar-refractivity contribution >= 4 is 39.8 Å². The van der Waals surface area contributed by atoms with Gasteiger partial charge in [0, 0.05) is 4.88 Å². The molecule has 2 aromatic rings. The Morgan fingerprint density at radius 3 is 2.68 bits per heavy atom. The lowest BCUT2D eigenvalue weighted by Gasteiger charge is -2.18. The summed E-state index contributed by atoms with van der Waals surface area (Å²) in [6.07, 6.45) is 2.46. The van der Waals surface area contributed by atoms with Gasteiger partial charge >= 0.3 is 0 Å². The summed E-state index contributed by atoms with van der Waals surface area (Å²) >= 11 is 7.12. The number of hydrogen-bond donors (Lipinski definition) is 2. The minimum atomic E-state index is -1.18. The van der Waals surface area contributed by atoms with E-state index in [0.29, 0.717) is 22.9 Å². The highest BCUT2D eigenvalue weighted by molar-refractivity contribution is 7.17. The molecule has 0 fully saturated rings. The van der Waals surface area contributed by atoms with Crippen LogP contribution < -0.4 is 11.1 Å². The van der Waals surface area contributed by atoms with Crippen molar-refractivity contribution in [3.05, 3.63) is 50.4 Å². The third kappa shape index (κ3) is 3.39. The third-order valence-electron chi connectivity index (χ3n) is 4.24. The van der Waals surface area contributed by atoms with E-state index in [1.54, 1.807) is 0 Å². The van der Waals surface area contributed by atoms with E-state index >= 15 is 0 Å². The molecule has 2 amide bonds. The van der Waals surface area contributed by atoms with Crippen LogP contribution in [-0.2, 0) is 12.8 Å². The Kier molecular flexibility index (Phi) is 4.79. The molecule has 1 aliphatic rings. The lowest BCUT2D eigenvalue weighted by atomic mass is 9.88. The summed E-state index contributed by atoms with van der Waals surface area (Å²) in [7, 11) is 0. The molecular formula is C17H15ClF2N2O2S. The predicted octanol–water partition coefficient (Wildman–Crippen LogP) is 4.16. The number of carbonyl (C=O) groups excluding carboxylic acids is 2. The molecule has 0 saturated carbocycles. The van der Waals surface area contributed by atoms with Crippen LogP contribution in [-0.4, -0.2) is 11.8 Å². The first kappa shape index (κ1) is 17.8. The van der Waals surface area contributed by atoms with Gasteiger partial charge in [-0.3, -0.25) is 9.59 Å². The second kappa shape index (κ2) is 6.72. The van der Waals surface area contributed by atoms with E-state index in [1.165, 1.54) is 11.3 Å². The van der Waals surface area contributed by atoms with Crippen molar-refractivity contribution in [1.82, 2.24) is 0 Å². The maximum Gasteiger partial charge on any atom is 0.257 e. The second-order valence-electron chi connectivity index (χ2n) is 6.12. The van der Waals surface area contributed by atoms with Crippen LogP contribution in [0.4, 0.5) is 13.8 Å². The molecule has 1 heterocycles. The van der Waals surface area contributed by atoms with Crippen LogP contribution >= 0.6 is 22.9 Å². The van der Waals surface area contributed by atoms with Crippen LogP contribution in [0, 0.1) is 17.6 Å². The van der Waals surface area contributed by atoms with Crippen LogP contribution in [0.5, 0.6) is 0 Å². The van der Waals surface area contributed by atoms with Crippen LogP contribution in [0.3, 0.4) is 0 Å². The molecule has 0 bridgehead atoms.